The molecule has 7 nitrogen and oxygen atoms in total. The molecule has 0 spiro atoms. The van der Waals surface area contributed by atoms with Crippen LogP contribution in [0, 0.1) is 0 Å². The molecule has 1 aromatic carbocycles. The standard InChI is InChI=1S/C24H29N5O2/c30-24(26-20-4-2-1-3-5-20)23-21-13-18(6-7-22(21)27-28-23)19-12-17(14-25-15-19)16-29-8-10-31-11-9-29/h6-7,12-15,20H,1-5,8-11,16H2,(H,26,30)(H,27,28). The summed E-state index contributed by atoms with van der Waals surface area (Å²) in [7, 11) is 0. The van der Waals surface area contributed by atoms with E-state index in [4.69, 9.17) is 4.74 Å². The minimum absolute atomic E-state index is 0.0884. The zero-order valence-electron chi connectivity index (χ0n) is 17.8. The number of carbonyl (C=O) groups excluding carboxylic acids is 1. The van der Waals surface area contributed by atoms with Crippen LogP contribution >= 0.6 is 0 Å². The molecule has 1 saturated heterocycles. The summed E-state index contributed by atoms with van der Waals surface area (Å²) in [6.07, 6.45) is 9.56. The Labute approximate surface area is 182 Å². The van der Waals surface area contributed by atoms with Crippen molar-refractivity contribution in [3.05, 3.63) is 47.9 Å². The summed E-state index contributed by atoms with van der Waals surface area (Å²) in [6.45, 7) is 4.34. The van der Waals surface area contributed by atoms with Gasteiger partial charge in [0, 0.05) is 49.0 Å². The molecule has 0 radical (unpaired) electrons. The van der Waals surface area contributed by atoms with Crippen molar-refractivity contribution in [2.75, 3.05) is 26.3 Å². The van der Waals surface area contributed by atoms with Crippen LogP contribution in [0.3, 0.4) is 0 Å². The quantitative estimate of drug-likeness (QED) is 0.661. The third-order valence-electron chi connectivity index (χ3n) is 6.36. The molecule has 3 heterocycles. The number of nitrogens with one attached hydrogen (secondary N) is 2. The molecule has 1 aliphatic carbocycles. The van der Waals surface area contributed by atoms with Gasteiger partial charge in [-0.2, -0.15) is 5.10 Å². The molecule has 5 rings (SSSR count). The van der Waals surface area contributed by atoms with Gasteiger partial charge in [-0.3, -0.25) is 19.8 Å². The van der Waals surface area contributed by atoms with E-state index >= 15 is 0 Å². The van der Waals surface area contributed by atoms with Crippen molar-refractivity contribution in [1.82, 2.24) is 25.4 Å². The first-order chi connectivity index (χ1) is 15.3. The number of amides is 1. The van der Waals surface area contributed by atoms with Gasteiger partial charge in [0.2, 0.25) is 0 Å². The zero-order chi connectivity index (χ0) is 21.0. The molecule has 2 aliphatic rings. The summed E-state index contributed by atoms with van der Waals surface area (Å²) in [6, 6.07) is 8.54. The number of pyridine rings is 1. The minimum Gasteiger partial charge on any atom is -0.379 e. The van der Waals surface area contributed by atoms with Gasteiger partial charge in [0.1, 0.15) is 0 Å². The van der Waals surface area contributed by atoms with Crippen LogP contribution in [0.2, 0.25) is 0 Å². The van der Waals surface area contributed by atoms with Crippen LogP contribution in [-0.4, -0.2) is 58.3 Å². The Kier molecular flexibility index (Phi) is 5.95. The number of morpholine rings is 1. The maximum atomic E-state index is 12.9. The van der Waals surface area contributed by atoms with Crippen molar-refractivity contribution in [3.8, 4) is 11.1 Å². The van der Waals surface area contributed by atoms with Gasteiger partial charge in [-0.15, -0.1) is 0 Å². The summed E-state index contributed by atoms with van der Waals surface area (Å²) in [5, 5.41) is 11.4. The molecule has 1 aliphatic heterocycles. The second-order valence-corrected chi connectivity index (χ2v) is 8.61. The van der Waals surface area contributed by atoms with E-state index in [1.165, 1.54) is 24.8 Å². The van der Waals surface area contributed by atoms with Gasteiger partial charge >= 0.3 is 0 Å². The Morgan fingerprint density at radius 1 is 1.10 bits per heavy atom. The van der Waals surface area contributed by atoms with Gasteiger partial charge in [-0.1, -0.05) is 25.3 Å². The Morgan fingerprint density at radius 3 is 2.77 bits per heavy atom. The fourth-order valence-corrected chi connectivity index (χ4v) is 4.62. The fraction of sp³-hybridized carbons (Fsp3) is 0.458. The summed E-state index contributed by atoms with van der Waals surface area (Å²) >= 11 is 0. The van der Waals surface area contributed by atoms with Gasteiger partial charge in [-0.25, -0.2) is 0 Å². The normalized spacial score (nSPS) is 18.3. The number of H-pyrrole nitrogens is 1. The lowest BCUT2D eigenvalue weighted by Gasteiger charge is -2.26. The molecular weight excluding hydrogens is 390 g/mol. The molecule has 2 fully saturated rings. The second kappa shape index (κ2) is 9.16. The van der Waals surface area contributed by atoms with Crippen molar-refractivity contribution in [2.45, 2.75) is 44.7 Å². The lowest BCUT2D eigenvalue weighted by Crippen LogP contribution is -2.36. The van der Waals surface area contributed by atoms with Crippen LogP contribution in [-0.2, 0) is 11.3 Å². The van der Waals surface area contributed by atoms with Gasteiger partial charge in [-0.05, 0) is 42.2 Å². The smallest absolute Gasteiger partial charge is 0.272 e. The number of rotatable bonds is 5. The molecule has 0 atom stereocenters. The summed E-state index contributed by atoms with van der Waals surface area (Å²) in [4.78, 5) is 19.7. The highest BCUT2D eigenvalue weighted by atomic mass is 16.5. The number of aromatic amines is 1. The van der Waals surface area contributed by atoms with Gasteiger partial charge in [0.05, 0.1) is 18.7 Å². The van der Waals surface area contributed by atoms with Crippen LogP contribution < -0.4 is 5.32 Å². The van der Waals surface area contributed by atoms with Gasteiger partial charge in [0.15, 0.2) is 5.69 Å². The highest BCUT2D eigenvalue weighted by Crippen LogP contribution is 2.26. The molecule has 0 bridgehead atoms. The molecule has 0 unspecified atom stereocenters. The number of ether oxygens (including phenoxy) is 1. The van der Waals surface area contributed by atoms with E-state index in [2.05, 4.69) is 37.5 Å². The number of aromatic nitrogens is 3. The van der Waals surface area contributed by atoms with Gasteiger partial charge in [0.25, 0.3) is 5.91 Å². The average molecular weight is 420 g/mol. The third-order valence-corrected chi connectivity index (χ3v) is 6.36. The van der Waals surface area contributed by atoms with Crippen LogP contribution in [0.1, 0.15) is 48.2 Å². The maximum absolute atomic E-state index is 12.9. The number of benzene rings is 1. The number of fused-ring (bicyclic) bond motifs is 1. The topological polar surface area (TPSA) is 83.1 Å². The summed E-state index contributed by atoms with van der Waals surface area (Å²) in [5.41, 5.74) is 4.61. The predicted octanol–water partition coefficient (Wildman–Crippen LogP) is 3.52. The van der Waals surface area contributed by atoms with Crippen molar-refractivity contribution in [3.63, 3.8) is 0 Å². The molecule has 162 valence electrons. The Balaban J connectivity index is 1.37. The van der Waals surface area contributed by atoms with E-state index in [9.17, 15) is 4.79 Å². The third kappa shape index (κ3) is 4.62. The number of hydrogen-bond donors (Lipinski definition) is 2. The second-order valence-electron chi connectivity index (χ2n) is 8.61. The van der Waals surface area contributed by atoms with E-state index < -0.39 is 0 Å². The molecule has 1 saturated carbocycles. The molecule has 3 aromatic rings. The fourth-order valence-electron chi connectivity index (χ4n) is 4.62. The van der Waals surface area contributed by atoms with Crippen molar-refractivity contribution >= 4 is 16.8 Å². The predicted molar refractivity (Wildman–Crippen MR) is 120 cm³/mol. The maximum Gasteiger partial charge on any atom is 0.272 e. The highest BCUT2D eigenvalue weighted by Gasteiger charge is 2.20. The zero-order valence-corrected chi connectivity index (χ0v) is 17.8. The molecule has 2 aromatic heterocycles. The van der Waals surface area contributed by atoms with Gasteiger partial charge < -0.3 is 10.1 Å². The first kappa shape index (κ1) is 20.2. The largest absolute Gasteiger partial charge is 0.379 e. The Hall–Kier alpha value is -2.77. The van der Waals surface area contributed by atoms with Crippen molar-refractivity contribution < 1.29 is 9.53 Å². The van der Waals surface area contributed by atoms with E-state index in [0.717, 1.165) is 67.7 Å². The van der Waals surface area contributed by atoms with E-state index in [1.807, 2.05) is 24.5 Å². The lowest BCUT2D eigenvalue weighted by molar-refractivity contribution is 0.0341. The van der Waals surface area contributed by atoms with Crippen molar-refractivity contribution in [2.24, 2.45) is 0 Å². The minimum atomic E-state index is -0.0884. The monoisotopic (exact) mass is 419 g/mol. The average Bonchev–Trinajstić information content (AvgIpc) is 3.24. The van der Waals surface area contributed by atoms with Crippen LogP contribution in [0.25, 0.3) is 22.0 Å². The summed E-state index contributed by atoms with van der Waals surface area (Å²) < 4.78 is 5.44. The molecule has 31 heavy (non-hydrogen) atoms. The molecule has 2 N–H and O–H groups in total. The first-order valence-corrected chi connectivity index (χ1v) is 11.3. The van der Waals surface area contributed by atoms with E-state index in [1.54, 1.807) is 0 Å². The van der Waals surface area contributed by atoms with Crippen LogP contribution in [0.5, 0.6) is 0 Å². The first-order valence-electron chi connectivity index (χ1n) is 11.3. The SMILES string of the molecule is O=C(NC1CCCCC1)c1n[nH]c2ccc(-c3cncc(CN4CCOCC4)c3)cc12. The Morgan fingerprint density at radius 2 is 1.94 bits per heavy atom. The lowest BCUT2D eigenvalue weighted by atomic mass is 9.95. The molecular formula is C24H29N5O2. The Bertz CT molecular complexity index is 1050. The highest BCUT2D eigenvalue weighted by molar-refractivity contribution is 6.05. The van der Waals surface area contributed by atoms with Crippen molar-refractivity contribution in [1.29, 1.82) is 0 Å². The van der Waals surface area contributed by atoms with E-state index in [0.29, 0.717) is 5.69 Å². The number of hydrogen-bond acceptors (Lipinski definition) is 5. The van der Waals surface area contributed by atoms with Crippen LogP contribution in [0.4, 0.5) is 0 Å². The van der Waals surface area contributed by atoms with E-state index in [-0.39, 0.29) is 11.9 Å². The van der Waals surface area contributed by atoms with Crippen LogP contribution in [0.15, 0.2) is 36.7 Å². The molecule has 1 amide bonds. The number of carbonyl (C=O) groups is 1. The number of nitrogens with zero attached hydrogens (tertiary/aromatic N) is 3. The molecule has 7 heteroatoms. The summed E-state index contributed by atoms with van der Waals surface area (Å²) in [5.74, 6) is -0.0884.